The molecule has 1 aromatic heterocycles. The van der Waals surface area contributed by atoms with E-state index in [9.17, 15) is 23.3 Å². The Hall–Kier alpha value is -2.84. The van der Waals surface area contributed by atoms with E-state index in [1.807, 2.05) is 12.1 Å². The quantitative estimate of drug-likeness (QED) is 0.634. The Balaban J connectivity index is 1.71. The van der Waals surface area contributed by atoms with Crippen LogP contribution in [0.1, 0.15) is 24.0 Å². The molecule has 0 spiro atoms. The van der Waals surface area contributed by atoms with Crippen LogP contribution in [0.15, 0.2) is 36.5 Å². The highest BCUT2D eigenvalue weighted by atomic mass is 19.4. The van der Waals surface area contributed by atoms with Crippen LogP contribution in [0.4, 0.5) is 30.4 Å². The number of rotatable bonds is 5. The van der Waals surface area contributed by atoms with Crippen LogP contribution in [-0.2, 0) is 12.7 Å². The molecule has 0 atom stereocenters. The molecule has 1 aliphatic heterocycles. The van der Waals surface area contributed by atoms with Crippen LogP contribution < -0.4 is 10.2 Å². The van der Waals surface area contributed by atoms with Crippen molar-refractivity contribution in [3.05, 3.63) is 57.8 Å². The summed E-state index contributed by atoms with van der Waals surface area (Å²) >= 11 is 0. The first kappa shape index (κ1) is 18.0. The molecule has 6 nitrogen and oxygen atoms in total. The van der Waals surface area contributed by atoms with Gasteiger partial charge < -0.3 is 10.2 Å². The summed E-state index contributed by atoms with van der Waals surface area (Å²) in [5, 5.41) is 13.9. The van der Waals surface area contributed by atoms with Crippen LogP contribution in [0.2, 0.25) is 0 Å². The van der Waals surface area contributed by atoms with Crippen molar-refractivity contribution in [1.29, 1.82) is 0 Å². The Labute approximate surface area is 147 Å². The van der Waals surface area contributed by atoms with Gasteiger partial charge in [0, 0.05) is 31.9 Å². The third kappa shape index (κ3) is 4.04. The minimum atomic E-state index is -4.63. The monoisotopic (exact) mass is 366 g/mol. The van der Waals surface area contributed by atoms with Crippen LogP contribution in [-0.4, -0.2) is 23.0 Å². The number of nitro benzene ring substituents is 1. The van der Waals surface area contributed by atoms with Crippen molar-refractivity contribution in [3.63, 3.8) is 0 Å². The first-order chi connectivity index (χ1) is 12.3. The molecule has 0 unspecified atom stereocenters. The molecule has 138 valence electrons. The van der Waals surface area contributed by atoms with Gasteiger partial charge in [-0.15, -0.1) is 0 Å². The molecular formula is C17H17F3N4O2. The average molecular weight is 366 g/mol. The number of aromatic nitrogens is 1. The SMILES string of the molecule is O=[N+]([O-])c1cc(C(F)(F)F)ccc1NCc1ccc(N2CCCC2)nc1. The first-order valence-corrected chi connectivity index (χ1v) is 8.14. The Morgan fingerprint density at radius 1 is 1.19 bits per heavy atom. The number of pyridine rings is 1. The molecule has 0 radical (unpaired) electrons. The Morgan fingerprint density at radius 2 is 1.92 bits per heavy atom. The first-order valence-electron chi connectivity index (χ1n) is 8.14. The van der Waals surface area contributed by atoms with E-state index in [2.05, 4.69) is 15.2 Å². The lowest BCUT2D eigenvalue weighted by atomic mass is 10.1. The maximum atomic E-state index is 12.7. The summed E-state index contributed by atoms with van der Waals surface area (Å²) in [7, 11) is 0. The highest BCUT2D eigenvalue weighted by Crippen LogP contribution is 2.35. The fourth-order valence-electron chi connectivity index (χ4n) is 2.86. The largest absolute Gasteiger partial charge is 0.416 e. The van der Waals surface area contributed by atoms with Crippen LogP contribution in [0.25, 0.3) is 0 Å². The standard InChI is InChI=1S/C17H17F3N4O2/c18-17(19,20)13-4-5-14(15(9-13)24(25)26)21-10-12-3-6-16(22-11-12)23-7-1-2-8-23/h3-6,9,11,21H,1-2,7-8,10H2. The van der Waals surface area contributed by atoms with Gasteiger partial charge in [0.2, 0.25) is 0 Å². The lowest BCUT2D eigenvalue weighted by molar-refractivity contribution is -0.384. The van der Waals surface area contributed by atoms with Crippen molar-refractivity contribution in [1.82, 2.24) is 4.98 Å². The van der Waals surface area contributed by atoms with E-state index < -0.39 is 22.4 Å². The van der Waals surface area contributed by atoms with Gasteiger partial charge in [-0.25, -0.2) is 4.98 Å². The van der Waals surface area contributed by atoms with E-state index in [1.54, 1.807) is 6.20 Å². The van der Waals surface area contributed by atoms with Gasteiger partial charge in [0.25, 0.3) is 5.69 Å². The van der Waals surface area contributed by atoms with Gasteiger partial charge in [-0.2, -0.15) is 13.2 Å². The zero-order valence-electron chi connectivity index (χ0n) is 13.8. The number of anilines is 2. The van der Waals surface area contributed by atoms with Crippen molar-refractivity contribution >= 4 is 17.2 Å². The molecule has 1 saturated heterocycles. The minimum Gasteiger partial charge on any atom is -0.375 e. The highest BCUT2D eigenvalue weighted by molar-refractivity contribution is 5.63. The molecule has 0 saturated carbocycles. The molecule has 1 fully saturated rings. The summed E-state index contributed by atoms with van der Waals surface area (Å²) in [6, 6.07) is 6.17. The van der Waals surface area contributed by atoms with Gasteiger partial charge >= 0.3 is 6.18 Å². The average Bonchev–Trinajstić information content (AvgIpc) is 3.14. The number of halogens is 3. The number of benzene rings is 1. The number of nitro groups is 1. The Kier molecular flexibility index (Phi) is 4.97. The Morgan fingerprint density at radius 3 is 2.50 bits per heavy atom. The molecule has 0 bridgehead atoms. The molecule has 2 heterocycles. The van der Waals surface area contributed by atoms with Crippen LogP contribution >= 0.6 is 0 Å². The fourth-order valence-corrected chi connectivity index (χ4v) is 2.86. The zero-order chi connectivity index (χ0) is 18.7. The number of nitrogens with one attached hydrogen (secondary N) is 1. The maximum absolute atomic E-state index is 12.7. The van der Waals surface area contributed by atoms with Crippen molar-refractivity contribution < 1.29 is 18.1 Å². The second kappa shape index (κ2) is 7.19. The molecular weight excluding hydrogens is 349 g/mol. The van der Waals surface area contributed by atoms with Gasteiger partial charge in [-0.1, -0.05) is 6.07 Å². The molecule has 3 rings (SSSR count). The topological polar surface area (TPSA) is 71.3 Å². The molecule has 0 amide bonds. The molecule has 1 aliphatic rings. The molecule has 9 heteroatoms. The summed E-state index contributed by atoms with van der Waals surface area (Å²) in [6.07, 6.45) is -0.680. The second-order valence-corrected chi connectivity index (χ2v) is 6.06. The Bertz CT molecular complexity index is 788. The molecule has 1 N–H and O–H groups in total. The lowest BCUT2D eigenvalue weighted by Crippen LogP contribution is -2.18. The van der Waals surface area contributed by atoms with Gasteiger partial charge in [0.05, 0.1) is 10.5 Å². The van der Waals surface area contributed by atoms with E-state index in [-0.39, 0.29) is 12.2 Å². The molecule has 2 aromatic rings. The van der Waals surface area contributed by atoms with E-state index >= 15 is 0 Å². The number of hydrogen-bond acceptors (Lipinski definition) is 5. The molecule has 1 aromatic carbocycles. The van der Waals surface area contributed by atoms with Crippen LogP contribution in [0.5, 0.6) is 0 Å². The second-order valence-electron chi connectivity index (χ2n) is 6.06. The summed E-state index contributed by atoms with van der Waals surface area (Å²) < 4.78 is 38.2. The van der Waals surface area contributed by atoms with Crippen molar-refractivity contribution in [2.75, 3.05) is 23.3 Å². The smallest absolute Gasteiger partial charge is 0.375 e. The summed E-state index contributed by atoms with van der Waals surface area (Å²) in [5.74, 6) is 0.881. The van der Waals surface area contributed by atoms with Gasteiger partial charge in [-0.3, -0.25) is 10.1 Å². The summed E-state index contributed by atoms with van der Waals surface area (Å²) in [6.45, 7) is 2.17. The maximum Gasteiger partial charge on any atom is 0.416 e. The van der Waals surface area contributed by atoms with Crippen molar-refractivity contribution in [2.24, 2.45) is 0 Å². The van der Waals surface area contributed by atoms with Crippen molar-refractivity contribution in [3.8, 4) is 0 Å². The van der Waals surface area contributed by atoms with E-state index in [0.717, 1.165) is 49.4 Å². The zero-order valence-corrected chi connectivity index (χ0v) is 13.8. The highest BCUT2D eigenvalue weighted by Gasteiger charge is 2.33. The van der Waals surface area contributed by atoms with E-state index in [4.69, 9.17) is 0 Å². The van der Waals surface area contributed by atoms with Gasteiger partial charge in [-0.05, 0) is 36.6 Å². The van der Waals surface area contributed by atoms with Gasteiger partial charge in [0.1, 0.15) is 11.5 Å². The normalized spacial score (nSPS) is 14.5. The van der Waals surface area contributed by atoms with Crippen LogP contribution in [0.3, 0.4) is 0 Å². The van der Waals surface area contributed by atoms with E-state index in [1.165, 1.54) is 0 Å². The summed E-state index contributed by atoms with van der Waals surface area (Å²) in [5.41, 5.74) is -0.846. The van der Waals surface area contributed by atoms with Crippen molar-refractivity contribution in [2.45, 2.75) is 25.6 Å². The number of alkyl halides is 3. The minimum absolute atomic E-state index is 0.0339. The van der Waals surface area contributed by atoms with Gasteiger partial charge in [0.15, 0.2) is 0 Å². The fraction of sp³-hybridized carbons (Fsp3) is 0.353. The predicted octanol–water partition coefficient (Wildman–Crippen LogP) is 4.22. The molecule has 0 aliphatic carbocycles. The van der Waals surface area contributed by atoms with E-state index in [0.29, 0.717) is 6.07 Å². The third-order valence-electron chi connectivity index (χ3n) is 4.24. The summed E-state index contributed by atoms with van der Waals surface area (Å²) in [4.78, 5) is 16.8. The molecule has 26 heavy (non-hydrogen) atoms. The number of nitrogens with zero attached hydrogens (tertiary/aromatic N) is 3. The third-order valence-corrected chi connectivity index (χ3v) is 4.24. The van der Waals surface area contributed by atoms with Crippen LogP contribution in [0, 0.1) is 10.1 Å². The predicted molar refractivity (Wildman–Crippen MR) is 91.1 cm³/mol. The lowest BCUT2D eigenvalue weighted by Gasteiger charge is -2.16. The number of hydrogen-bond donors (Lipinski definition) is 1.